The van der Waals surface area contributed by atoms with Crippen LogP contribution in [-0.2, 0) is 15.5 Å². The zero-order valence-electron chi connectivity index (χ0n) is 17.8. The number of fused-ring (bicyclic) bond motifs is 1. The second-order valence-corrected chi connectivity index (χ2v) is 9.37. The van der Waals surface area contributed by atoms with Gasteiger partial charge in [-0.05, 0) is 24.3 Å². The average Bonchev–Trinajstić information content (AvgIpc) is 3.23. The normalized spacial score (nSPS) is 15.0. The van der Waals surface area contributed by atoms with E-state index in [0.29, 0.717) is 58.9 Å². The topological polar surface area (TPSA) is 90.2 Å². The Labute approximate surface area is 197 Å². The quantitative estimate of drug-likeness (QED) is 0.444. The lowest BCUT2D eigenvalue weighted by Gasteiger charge is -2.26. The van der Waals surface area contributed by atoms with Gasteiger partial charge in [-0.3, -0.25) is 18.6 Å². The van der Waals surface area contributed by atoms with Gasteiger partial charge in [0.05, 0.1) is 40.1 Å². The maximum absolute atomic E-state index is 13.0. The maximum atomic E-state index is 13.0. The van der Waals surface area contributed by atoms with Gasteiger partial charge < -0.3 is 9.64 Å². The minimum atomic E-state index is -1.23. The summed E-state index contributed by atoms with van der Waals surface area (Å²) in [6.07, 6.45) is 8.34. The second-order valence-electron chi connectivity index (χ2n) is 7.59. The SMILES string of the molecule is CS(=O)c1cn(-c2ncc(-c3cc(Cl)ccn3)cn2)c2cc(C(=O)N3CCOCC3)ccc12. The van der Waals surface area contributed by atoms with E-state index in [1.807, 2.05) is 6.07 Å². The van der Waals surface area contributed by atoms with Crippen LogP contribution in [-0.4, -0.2) is 67.1 Å². The number of aromatic nitrogens is 4. The highest BCUT2D eigenvalue weighted by Gasteiger charge is 2.21. The van der Waals surface area contributed by atoms with Crippen LogP contribution in [0.5, 0.6) is 0 Å². The zero-order chi connectivity index (χ0) is 22.9. The van der Waals surface area contributed by atoms with Crippen LogP contribution in [0.4, 0.5) is 0 Å². The van der Waals surface area contributed by atoms with E-state index in [1.165, 1.54) is 0 Å². The van der Waals surface area contributed by atoms with E-state index in [4.69, 9.17) is 16.3 Å². The number of hydrogen-bond donors (Lipinski definition) is 0. The molecule has 8 nitrogen and oxygen atoms in total. The fourth-order valence-electron chi connectivity index (χ4n) is 3.81. The second kappa shape index (κ2) is 9.01. The maximum Gasteiger partial charge on any atom is 0.254 e. The van der Waals surface area contributed by atoms with Crippen molar-refractivity contribution in [1.82, 2.24) is 24.4 Å². The first-order valence-corrected chi connectivity index (χ1v) is 12.2. The summed E-state index contributed by atoms with van der Waals surface area (Å²) in [6.45, 7) is 2.18. The molecule has 4 heterocycles. The number of ether oxygens (including phenoxy) is 1. The van der Waals surface area contributed by atoms with E-state index in [-0.39, 0.29) is 5.91 Å². The third-order valence-corrected chi connectivity index (χ3v) is 6.68. The molecule has 1 aromatic carbocycles. The van der Waals surface area contributed by atoms with Gasteiger partial charge in [0.15, 0.2) is 0 Å². The number of morpholine rings is 1. The first-order chi connectivity index (χ1) is 16.0. The molecule has 0 spiro atoms. The summed E-state index contributed by atoms with van der Waals surface area (Å²) in [7, 11) is -1.23. The van der Waals surface area contributed by atoms with E-state index in [0.717, 1.165) is 10.9 Å². The summed E-state index contributed by atoms with van der Waals surface area (Å²) in [6, 6.07) is 8.86. The van der Waals surface area contributed by atoms with Gasteiger partial charge in [0.1, 0.15) is 0 Å². The smallest absolute Gasteiger partial charge is 0.254 e. The molecule has 1 aliphatic rings. The molecular weight excluding hydrogens is 462 g/mol. The monoisotopic (exact) mass is 481 g/mol. The van der Waals surface area contributed by atoms with E-state index < -0.39 is 10.8 Å². The van der Waals surface area contributed by atoms with Crippen molar-refractivity contribution in [1.29, 1.82) is 0 Å². The number of carbonyl (C=O) groups is 1. The predicted octanol–water partition coefficient (Wildman–Crippen LogP) is 3.35. The van der Waals surface area contributed by atoms with Crippen molar-refractivity contribution in [3.8, 4) is 17.2 Å². The number of hydrogen-bond acceptors (Lipinski definition) is 6. The molecule has 4 aromatic rings. The fourth-order valence-corrected chi connectivity index (χ4v) is 4.71. The Balaban J connectivity index is 1.56. The lowest BCUT2D eigenvalue weighted by atomic mass is 10.1. The molecule has 1 saturated heterocycles. The van der Waals surface area contributed by atoms with Crippen LogP contribution in [0.25, 0.3) is 28.1 Å². The molecule has 3 aromatic heterocycles. The Kier molecular flexibility index (Phi) is 5.92. The molecule has 1 atom stereocenters. The molecule has 1 fully saturated rings. The summed E-state index contributed by atoms with van der Waals surface area (Å²) < 4.78 is 19.5. The lowest BCUT2D eigenvalue weighted by molar-refractivity contribution is 0.0303. The van der Waals surface area contributed by atoms with E-state index in [9.17, 15) is 9.00 Å². The van der Waals surface area contributed by atoms with Crippen molar-refractivity contribution < 1.29 is 13.7 Å². The summed E-state index contributed by atoms with van der Waals surface area (Å²) in [5.41, 5.74) is 2.66. The molecule has 168 valence electrons. The third-order valence-electron chi connectivity index (χ3n) is 5.50. The standard InChI is InChI=1S/C23H20ClN5O3S/c1-33(31)21-14-29(23-26-12-16(13-27-23)19-11-17(24)4-5-25-19)20-10-15(2-3-18(20)21)22(30)28-6-8-32-9-7-28/h2-5,10-14H,6-9H2,1H3. The average molecular weight is 482 g/mol. The summed E-state index contributed by atoms with van der Waals surface area (Å²) in [5.74, 6) is 0.342. The van der Waals surface area contributed by atoms with Crippen LogP contribution in [0.3, 0.4) is 0 Å². The van der Waals surface area contributed by atoms with Crippen LogP contribution in [0.1, 0.15) is 10.4 Å². The van der Waals surface area contributed by atoms with Gasteiger partial charge in [-0.25, -0.2) is 9.97 Å². The molecule has 0 saturated carbocycles. The molecule has 1 unspecified atom stereocenters. The number of nitrogens with zero attached hydrogens (tertiary/aromatic N) is 5. The fraction of sp³-hybridized carbons (Fsp3) is 0.217. The van der Waals surface area contributed by atoms with E-state index >= 15 is 0 Å². The summed E-state index contributed by atoms with van der Waals surface area (Å²) in [5, 5.41) is 1.37. The molecule has 1 aliphatic heterocycles. The minimum absolute atomic E-state index is 0.0598. The molecule has 33 heavy (non-hydrogen) atoms. The molecule has 0 bridgehead atoms. The number of halogens is 1. The van der Waals surface area contributed by atoms with Crippen LogP contribution < -0.4 is 0 Å². The lowest BCUT2D eigenvalue weighted by Crippen LogP contribution is -2.40. The predicted molar refractivity (Wildman–Crippen MR) is 126 cm³/mol. The molecule has 0 aliphatic carbocycles. The van der Waals surface area contributed by atoms with Crippen molar-refractivity contribution in [3.05, 3.63) is 65.7 Å². The number of carbonyl (C=O) groups excluding carboxylic acids is 1. The number of pyridine rings is 1. The number of amides is 1. The molecule has 10 heteroatoms. The Hall–Kier alpha value is -3.14. The zero-order valence-corrected chi connectivity index (χ0v) is 19.3. The van der Waals surface area contributed by atoms with Crippen LogP contribution in [0.15, 0.2) is 60.0 Å². The summed E-state index contributed by atoms with van der Waals surface area (Å²) >= 11 is 6.06. The number of benzene rings is 1. The van der Waals surface area contributed by atoms with Crippen molar-refractivity contribution in [3.63, 3.8) is 0 Å². The van der Waals surface area contributed by atoms with Gasteiger partial charge in [0.2, 0.25) is 5.95 Å². The van der Waals surface area contributed by atoms with Crippen molar-refractivity contribution >= 4 is 39.2 Å². The minimum Gasteiger partial charge on any atom is -0.378 e. The van der Waals surface area contributed by atoms with E-state index in [1.54, 1.807) is 64.8 Å². The highest BCUT2D eigenvalue weighted by Crippen LogP contribution is 2.28. The molecular formula is C23H20ClN5O3S. The van der Waals surface area contributed by atoms with Crippen LogP contribution in [0, 0.1) is 0 Å². The molecule has 0 N–H and O–H groups in total. The molecule has 1 amide bonds. The number of rotatable bonds is 4. The first kappa shape index (κ1) is 21.7. The van der Waals surface area contributed by atoms with Crippen molar-refractivity contribution in [2.75, 3.05) is 32.6 Å². The molecule has 0 radical (unpaired) electrons. The van der Waals surface area contributed by atoms with Gasteiger partial charge in [-0.15, -0.1) is 0 Å². The Morgan fingerprint density at radius 2 is 1.85 bits per heavy atom. The Bertz CT molecular complexity index is 1370. The first-order valence-electron chi connectivity index (χ1n) is 10.3. The van der Waals surface area contributed by atoms with Crippen LogP contribution in [0.2, 0.25) is 5.02 Å². The van der Waals surface area contributed by atoms with Gasteiger partial charge in [-0.2, -0.15) is 0 Å². The summed E-state index contributed by atoms with van der Waals surface area (Å²) in [4.78, 5) is 28.7. The highest BCUT2D eigenvalue weighted by atomic mass is 35.5. The Morgan fingerprint density at radius 3 is 2.55 bits per heavy atom. The van der Waals surface area contributed by atoms with Crippen LogP contribution >= 0.6 is 11.6 Å². The highest BCUT2D eigenvalue weighted by molar-refractivity contribution is 7.84. The Morgan fingerprint density at radius 1 is 1.09 bits per heavy atom. The third kappa shape index (κ3) is 4.27. The van der Waals surface area contributed by atoms with Gasteiger partial charge in [0, 0.05) is 65.7 Å². The van der Waals surface area contributed by atoms with Crippen molar-refractivity contribution in [2.45, 2.75) is 4.90 Å². The van der Waals surface area contributed by atoms with Gasteiger partial charge in [0.25, 0.3) is 5.91 Å². The molecule has 5 rings (SSSR count). The van der Waals surface area contributed by atoms with Gasteiger partial charge in [-0.1, -0.05) is 17.7 Å². The van der Waals surface area contributed by atoms with E-state index in [2.05, 4.69) is 15.0 Å². The largest absolute Gasteiger partial charge is 0.378 e. The van der Waals surface area contributed by atoms with Crippen molar-refractivity contribution in [2.24, 2.45) is 0 Å². The van der Waals surface area contributed by atoms with Gasteiger partial charge >= 0.3 is 0 Å².